The van der Waals surface area contributed by atoms with Crippen molar-refractivity contribution in [1.82, 2.24) is 10.2 Å². The van der Waals surface area contributed by atoms with Gasteiger partial charge in [0.1, 0.15) is 6.04 Å². The van der Waals surface area contributed by atoms with E-state index in [1.54, 1.807) is 24.3 Å². The Kier molecular flexibility index (Phi) is 4.76. The SMILES string of the molecule is O=C(NCC(=O)N1CCC[C@@H]1C(=O)O)Nc1ccccc1. The van der Waals surface area contributed by atoms with Crippen LogP contribution in [0.4, 0.5) is 10.5 Å². The van der Waals surface area contributed by atoms with Crippen molar-refractivity contribution in [3.8, 4) is 0 Å². The van der Waals surface area contributed by atoms with Crippen LogP contribution in [0.5, 0.6) is 0 Å². The summed E-state index contributed by atoms with van der Waals surface area (Å²) >= 11 is 0. The molecule has 7 nitrogen and oxygen atoms in total. The lowest BCUT2D eigenvalue weighted by Gasteiger charge is -2.21. The first-order valence-corrected chi connectivity index (χ1v) is 6.70. The zero-order chi connectivity index (χ0) is 15.2. The molecule has 1 fully saturated rings. The number of amides is 3. The van der Waals surface area contributed by atoms with Crippen molar-refractivity contribution in [1.29, 1.82) is 0 Å². The molecule has 1 heterocycles. The van der Waals surface area contributed by atoms with Gasteiger partial charge < -0.3 is 20.6 Å². The highest BCUT2D eigenvalue weighted by molar-refractivity contribution is 5.93. The number of carbonyl (C=O) groups excluding carboxylic acids is 2. The van der Waals surface area contributed by atoms with Gasteiger partial charge >= 0.3 is 12.0 Å². The van der Waals surface area contributed by atoms with E-state index in [0.717, 1.165) is 0 Å². The molecular weight excluding hydrogens is 274 g/mol. The van der Waals surface area contributed by atoms with Crippen LogP contribution in [0.25, 0.3) is 0 Å². The molecule has 0 aromatic heterocycles. The highest BCUT2D eigenvalue weighted by atomic mass is 16.4. The largest absolute Gasteiger partial charge is 0.480 e. The molecule has 7 heteroatoms. The van der Waals surface area contributed by atoms with Gasteiger partial charge in [-0.3, -0.25) is 4.79 Å². The molecule has 0 unspecified atom stereocenters. The number of nitrogens with zero attached hydrogens (tertiary/aromatic N) is 1. The Morgan fingerprint density at radius 2 is 1.95 bits per heavy atom. The van der Waals surface area contributed by atoms with E-state index >= 15 is 0 Å². The fraction of sp³-hybridized carbons (Fsp3) is 0.357. The van der Waals surface area contributed by atoms with Crippen LogP contribution in [-0.2, 0) is 9.59 Å². The number of carboxylic acid groups (broad SMARTS) is 1. The highest BCUT2D eigenvalue weighted by Crippen LogP contribution is 2.17. The lowest BCUT2D eigenvalue weighted by Crippen LogP contribution is -2.46. The predicted molar refractivity (Wildman–Crippen MR) is 75.8 cm³/mol. The minimum absolute atomic E-state index is 0.220. The Morgan fingerprint density at radius 1 is 1.24 bits per heavy atom. The van der Waals surface area contributed by atoms with Crippen molar-refractivity contribution >= 4 is 23.6 Å². The second kappa shape index (κ2) is 6.74. The van der Waals surface area contributed by atoms with Crippen LogP contribution in [0.2, 0.25) is 0 Å². The molecule has 1 aromatic carbocycles. The molecule has 3 N–H and O–H groups in total. The molecule has 21 heavy (non-hydrogen) atoms. The number of aliphatic carboxylic acids is 1. The molecule has 0 saturated carbocycles. The smallest absolute Gasteiger partial charge is 0.326 e. The Morgan fingerprint density at radius 3 is 2.62 bits per heavy atom. The van der Waals surface area contributed by atoms with E-state index in [4.69, 9.17) is 5.11 Å². The van der Waals surface area contributed by atoms with E-state index in [-0.39, 0.29) is 12.5 Å². The van der Waals surface area contributed by atoms with Crippen LogP contribution in [0, 0.1) is 0 Å². The van der Waals surface area contributed by atoms with Crippen LogP contribution in [-0.4, -0.2) is 47.0 Å². The predicted octanol–water partition coefficient (Wildman–Crippen LogP) is 0.884. The normalized spacial score (nSPS) is 17.3. The Labute approximate surface area is 121 Å². The molecule has 1 aliphatic rings. The summed E-state index contributed by atoms with van der Waals surface area (Å²) in [5.74, 6) is -1.39. The summed E-state index contributed by atoms with van der Waals surface area (Å²) in [6, 6.07) is 7.55. The first-order chi connectivity index (χ1) is 10.1. The van der Waals surface area contributed by atoms with Crippen LogP contribution in [0.1, 0.15) is 12.8 Å². The van der Waals surface area contributed by atoms with Gasteiger partial charge in [-0.15, -0.1) is 0 Å². The summed E-state index contributed by atoms with van der Waals surface area (Å²) in [5, 5.41) is 14.0. The summed E-state index contributed by atoms with van der Waals surface area (Å²) in [6.07, 6.45) is 1.12. The number of urea groups is 1. The third-order valence-corrected chi connectivity index (χ3v) is 3.29. The third kappa shape index (κ3) is 3.95. The first-order valence-electron chi connectivity index (χ1n) is 6.70. The number of carboxylic acids is 1. The monoisotopic (exact) mass is 291 g/mol. The van der Waals surface area contributed by atoms with Crippen LogP contribution in [0.15, 0.2) is 30.3 Å². The van der Waals surface area contributed by atoms with Gasteiger partial charge in [0.05, 0.1) is 6.54 Å². The second-order valence-electron chi connectivity index (χ2n) is 4.76. The van der Waals surface area contributed by atoms with Gasteiger partial charge in [0.25, 0.3) is 0 Å². The zero-order valence-electron chi connectivity index (χ0n) is 11.4. The molecule has 1 aromatic rings. The number of likely N-dealkylation sites (tertiary alicyclic amines) is 1. The fourth-order valence-corrected chi connectivity index (χ4v) is 2.28. The topological polar surface area (TPSA) is 98.7 Å². The lowest BCUT2D eigenvalue weighted by atomic mass is 10.2. The summed E-state index contributed by atoms with van der Waals surface area (Å²) in [4.78, 5) is 35.9. The van der Waals surface area contributed by atoms with E-state index in [1.807, 2.05) is 6.07 Å². The lowest BCUT2D eigenvalue weighted by molar-refractivity contribution is -0.147. The minimum Gasteiger partial charge on any atom is -0.480 e. The number of para-hydroxylation sites is 1. The van der Waals surface area contributed by atoms with Gasteiger partial charge in [-0.2, -0.15) is 0 Å². The quantitative estimate of drug-likeness (QED) is 0.767. The molecule has 2 rings (SSSR count). The van der Waals surface area contributed by atoms with E-state index in [0.29, 0.717) is 25.1 Å². The molecule has 112 valence electrons. The maximum atomic E-state index is 11.9. The number of rotatable bonds is 4. The van der Waals surface area contributed by atoms with Gasteiger partial charge in [0.15, 0.2) is 0 Å². The molecule has 3 amide bonds. The number of benzene rings is 1. The molecule has 1 atom stereocenters. The van der Waals surface area contributed by atoms with E-state index in [2.05, 4.69) is 10.6 Å². The standard InChI is InChI=1S/C14H17N3O4/c18-12(17-8-4-7-11(17)13(19)20)9-15-14(21)16-10-5-2-1-3-6-10/h1-3,5-6,11H,4,7-9H2,(H,19,20)(H2,15,16,21)/t11-/m1/s1. The molecule has 0 bridgehead atoms. The van der Waals surface area contributed by atoms with Crippen LogP contribution < -0.4 is 10.6 Å². The third-order valence-electron chi connectivity index (χ3n) is 3.29. The van der Waals surface area contributed by atoms with E-state index < -0.39 is 18.0 Å². The maximum Gasteiger partial charge on any atom is 0.326 e. The van der Waals surface area contributed by atoms with Gasteiger partial charge in [-0.25, -0.2) is 9.59 Å². The van der Waals surface area contributed by atoms with Crippen molar-refractivity contribution in [2.24, 2.45) is 0 Å². The van der Waals surface area contributed by atoms with Gasteiger partial charge in [-0.05, 0) is 25.0 Å². The average molecular weight is 291 g/mol. The van der Waals surface area contributed by atoms with E-state index in [1.165, 1.54) is 4.90 Å². The summed E-state index contributed by atoms with van der Waals surface area (Å²) in [7, 11) is 0. The number of nitrogens with one attached hydrogen (secondary N) is 2. The van der Waals surface area contributed by atoms with Gasteiger partial charge in [0, 0.05) is 12.2 Å². The maximum absolute atomic E-state index is 11.9. The highest BCUT2D eigenvalue weighted by Gasteiger charge is 2.33. The minimum atomic E-state index is -1.01. The second-order valence-corrected chi connectivity index (χ2v) is 4.76. The number of hydrogen-bond donors (Lipinski definition) is 3. The molecule has 1 saturated heterocycles. The first kappa shape index (κ1) is 14.8. The molecular formula is C14H17N3O4. The van der Waals surface area contributed by atoms with Crippen LogP contribution >= 0.6 is 0 Å². The number of carbonyl (C=O) groups is 3. The van der Waals surface area contributed by atoms with Crippen molar-refractivity contribution in [3.63, 3.8) is 0 Å². The van der Waals surface area contributed by atoms with Gasteiger partial charge in [-0.1, -0.05) is 18.2 Å². The number of hydrogen-bond acceptors (Lipinski definition) is 3. The number of anilines is 1. The van der Waals surface area contributed by atoms with Crippen molar-refractivity contribution in [2.45, 2.75) is 18.9 Å². The molecule has 0 radical (unpaired) electrons. The zero-order valence-corrected chi connectivity index (χ0v) is 11.4. The van der Waals surface area contributed by atoms with Crippen molar-refractivity contribution in [3.05, 3.63) is 30.3 Å². The summed E-state index contributed by atoms with van der Waals surface area (Å²) < 4.78 is 0. The van der Waals surface area contributed by atoms with Crippen LogP contribution in [0.3, 0.4) is 0 Å². The molecule has 0 spiro atoms. The van der Waals surface area contributed by atoms with E-state index in [9.17, 15) is 14.4 Å². The Balaban J connectivity index is 1.81. The van der Waals surface area contributed by atoms with Crippen molar-refractivity contribution in [2.75, 3.05) is 18.4 Å². The summed E-state index contributed by atoms with van der Waals surface area (Å²) in [5.41, 5.74) is 0.618. The Hall–Kier alpha value is -2.57. The summed E-state index contributed by atoms with van der Waals surface area (Å²) in [6.45, 7) is 0.195. The Bertz CT molecular complexity index is 532. The fourth-order valence-electron chi connectivity index (χ4n) is 2.28. The average Bonchev–Trinajstić information content (AvgIpc) is 2.95. The van der Waals surface area contributed by atoms with Crippen molar-refractivity contribution < 1.29 is 19.5 Å². The molecule has 1 aliphatic heterocycles. The van der Waals surface area contributed by atoms with Gasteiger partial charge in [0.2, 0.25) is 5.91 Å². The molecule has 0 aliphatic carbocycles.